The summed E-state index contributed by atoms with van der Waals surface area (Å²) in [6, 6.07) is 19.2. The maximum absolute atomic E-state index is 13.0. The molecule has 0 heterocycles. The van der Waals surface area contributed by atoms with Gasteiger partial charge in [0.15, 0.2) is 5.41 Å². The maximum Gasteiger partial charge on any atom is 0.324 e. The van der Waals surface area contributed by atoms with Crippen LogP contribution in [0.5, 0.6) is 0 Å². The minimum atomic E-state index is -1.46. The van der Waals surface area contributed by atoms with Crippen molar-refractivity contribution in [1.82, 2.24) is 0 Å². The number of benzene rings is 2. The topological polar surface area (TPSA) is 77.0 Å². The monoisotopic (exact) mass is 432 g/mol. The van der Waals surface area contributed by atoms with Gasteiger partial charge < -0.3 is 14.8 Å². The number of esters is 2. The number of carbonyl (C=O) groups excluding carboxylic acids is 2. The van der Waals surface area contributed by atoms with Crippen LogP contribution >= 0.6 is 0 Å². The summed E-state index contributed by atoms with van der Waals surface area (Å²) in [5.41, 5.74) is 1.74. The maximum atomic E-state index is 13.0. The fraction of sp³-hybridized carbons (Fsp3) is 0.269. The van der Waals surface area contributed by atoms with Crippen molar-refractivity contribution in [2.24, 2.45) is 10.4 Å². The summed E-state index contributed by atoms with van der Waals surface area (Å²) in [6.07, 6.45) is 5.77. The zero-order chi connectivity index (χ0) is 22.8. The molecule has 0 saturated carbocycles. The first kappa shape index (κ1) is 23.0. The number of nitrogens with zero attached hydrogens (tertiary/aromatic N) is 1. The van der Waals surface area contributed by atoms with Crippen LogP contribution in [-0.4, -0.2) is 31.4 Å². The molecule has 3 rings (SSSR count). The molecule has 0 amide bonds. The number of allylic oxidation sites excluding steroid dienone is 3. The second-order valence-electron chi connectivity index (χ2n) is 7.42. The number of aliphatic imine (C=N–C) groups is 1. The average Bonchev–Trinajstić information content (AvgIpc) is 2.83. The standard InChI is InChI=1S/C26H28N2O4/c1-3-31-24(29)26(25(30)32-4-2)16-20(18-27-22-11-7-5-8-12-22)15-21(17-26)19-28-23-13-9-6-10-14-23/h5-15,18-19,27H,3-4,16-17H2,1-2H3/b20-18-,28-19?. The molecule has 2 aromatic rings. The van der Waals surface area contributed by atoms with Gasteiger partial charge in [0.1, 0.15) is 0 Å². The van der Waals surface area contributed by atoms with Crippen LogP contribution in [0.2, 0.25) is 0 Å². The highest BCUT2D eigenvalue weighted by molar-refractivity contribution is 6.02. The predicted octanol–water partition coefficient (Wildman–Crippen LogP) is 5.22. The number of hydrogen-bond donors (Lipinski definition) is 1. The summed E-state index contributed by atoms with van der Waals surface area (Å²) in [6.45, 7) is 3.80. The summed E-state index contributed by atoms with van der Waals surface area (Å²) < 4.78 is 10.6. The lowest BCUT2D eigenvalue weighted by Gasteiger charge is -2.33. The molecule has 0 spiro atoms. The summed E-state index contributed by atoms with van der Waals surface area (Å²) in [7, 11) is 0. The van der Waals surface area contributed by atoms with Crippen LogP contribution in [-0.2, 0) is 19.1 Å². The Hall–Kier alpha value is -3.67. The predicted molar refractivity (Wildman–Crippen MR) is 126 cm³/mol. The van der Waals surface area contributed by atoms with Crippen molar-refractivity contribution in [2.45, 2.75) is 26.7 Å². The molecule has 0 aromatic heterocycles. The Labute approximate surface area is 188 Å². The molecule has 6 heteroatoms. The number of carbonyl (C=O) groups is 2. The van der Waals surface area contributed by atoms with E-state index in [-0.39, 0.29) is 26.1 Å². The second-order valence-corrected chi connectivity index (χ2v) is 7.42. The van der Waals surface area contributed by atoms with Gasteiger partial charge in [-0.3, -0.25) is 14.6 Å². The Balaban J connectivity index is 1.99. The molecule has 1 N–H and O–H groups in total. The van der Waals surface area contributed by atoms with Gasteiger partial charge in [0, 0.05) is 30.9 Å². The van der Waals surface area contributed by atoms with Crippen LogP contribution in [0.4, 0.5) is 11.4 Å². The van der Waals surface area contributed by atoms with E-state index < -0.39 is 17.4 Å². The molecule has 1 aliphatic carbocycles. The molecule has 166 valence electrons. The fourth-order valence-corrected chi connectivity index (χ4v) is 3.57. The summed E-state index contributed by atoms with van der Waals surface area (Å²) in [5.74, 6) is -1.16. The van der Waals surface area contributed by atoms with Crippen LogP contribution in [0.25, 0.3) is 0 Å². The quantitative estimate of drug-likeness (QED) is 0.352. The van der Waals surface area contributed by atoms with Crippen LogP contribution in [0.3, 0.4) is 0 Å². The van der Waals surface area contributed by atoms with E-state index in [2.05, 4.69) is 10.3 Å². The molecule has 32 heavy (non-hydrogen) atoms. The number of anilines is 1. The van der Waals surface area contributed by atoms with E-state index in [0.717, 1.165) is 22.5 Å². The molecule has 0 saturated heterocycles. The second kappa shape index (κ2) is 11.1. The van der Waals surface area contributed by atoms with Crippen molar-refractivity contribution in [3.8, 4) is 0 Å². The Bertz CT molecular complexity index is 993. The lowest BCUT2D eigenvalue weighted by molar-refractivity contribution is -0.172. The highest BCUT2D eigenvalue weighted by Gasteiger charge is 2.51. The number of rotatable bonds is 8. The Morgan fingerprint density at radius 1 is 0.938 bits per heavy atom. The largest absolute Gasteiger partial charge is 0.465 e. The van der Waals surface area contributed by atoms with E-state index in [1.807, 2.05) is 66.7 Å². The minimum Gasteiger partial charge on any atom is -0.465 e. The molecule has 0 fully saturated rings. The van der Waals surface area contributed by atoms with Gasteiger partial charge in [0.2, 0.25) is 0 Å². The van der Waals surface area contributed by atoms with E-state index in [1.54, 1.807) is 26.3 Å². The number of para-hydroxylation sites is 2. The molecule has 0 atom stereocenters. The van der Waals surface area contributed by atoms with E-state index >= 15 is 0 Å². The smallest absolute Gasteiger partial charge is 0.324 e. The molecule has 1 aliphatic rings. The zero-order valence-corrected chi connectivity index (χ0v) is 18.4. The third-order valence-electron chi connectivity index (χ3n) is 5.05. The SMILES string of the molecule is CCOC(=O)C1(C(=O)OCC)CC(C=Nc2ccccc2)=C/C(=C/Nc2ccccc2)C1. The summed E-state index contributed by atoms with van der Waals surface area (Å²) in [4.78, 5) is 30.6. The van der Waals surface area contributed by atoms with Crippen molar-refractivity contribution in [3.63, 3.8) is 0 Å². The molecular weight excluding hydrogens is 404 g/mol. The van der Waals surface area contributed by atoms with E-state index in [4.69, 9.17) is 9.47 Å². The Morgan fingerprint density at radius 3 is 2.12 bits per heavy atom. The summed E-state index contributed by atoms with van der Waals surface area (Å²) in [5, 5.41) is 3.23. The molecule has 6 nitrogen and oxygen atoms in total. The highest BCUT2D eigenvalue weighted by Crippen LogP contribution is 2.41. The van der Waals surface area contributed by atoms with Crippen LogP contribution in [0.1, 0.15) is 26.7 Å². The van der Waals surface area contributed by atoms with Crippen molar-refractivity contribution in [1.29, 1.82) is 0 Å². The van der Waals surface area contributed by atoms with Crippen LogP contribution < -0.4 is 5.32 Å². The van der Waals surface area contributed by atoms with Gasteiger partial charge >= 0.3 is 11.9 Å². The van der Waals surface area contributed by atoms with Gasteiger partial charge in [-0.1, -0.05) is 42.5 Å². The van der Waals surface area contributed by atoms with E-state index in [9.17, 15) is 9.59 Å². The number of nitrogens with one attached hydrogen (secondary N) is 1. The van der Waals surface area contributed by atoms with Gasteiger partial charge in [0.25, 0.3) is 0 Å². The van der Waals surface area contributed by atoms with Gasteiger partial charge in [-0.15, -0.1) is 0 Å². The first-order valence-corrected chi connectivity index (χ1v) is 10.7. The van der Waals surface area contributed by atoms with Crippen molar-refractivity contribution in [3.05, 3.63) is 84.1 Å². The normalized spacial score (nSPS) is 16.4. The zero-order valence-electron chi connectivity index (χ0n) is 18.4. The Morgan fingerprint density at radius 2 is 1.53 bits per heavy atom. The third-order valence-corrected chi connectivity index (χ3v) is 5.05. The first-order valence-electron chi connectivity index (χ1n) is 10.7. The molecule has 0 radical (unpaired) electrons. The lowest BCUT2D eigenvalue weighted by atomic mass is 9.72. The first-order chi connectivity index (χ1) is 15.6. The fourth-order valence-electron chi connectivity index (χ4n) is 3.57. The minimum absolute atomic E-state index is 0.156. The van der Waals surface area contributed by atoms with Crippen LogP contribution in [0, 0.1) is 5.41 Å². The number of ether oxygens (including phenoxy) is 2. The lowest BCUT2D eigenvalue weighted by Crippen LogP contribution is -2.44. The molecule has 0 bridgehead atoms. The Kier molecular flexibility index (Phi) is 7.97. The van der Waals surface area contributed by atoms with Gasteiger partial charge in [-0.05, 0) is 49.3 Å². The van der Waals surface area contributed by atoms with Gasteiger partial charge in [0.05, 0.1) is 18.9 Å². The van der Waals surface area contributed by atoms with Gasteiger partial charge in [-0.2, -0.15) is 0 Å². The van der Waals surface area contributed by atoms with E-state index in [0.29, 0.717) is 0 Å². The van der Waals surface area contributed by atoms with E-state index in [1.165, 1.54) is 0 Å². The molecule has 2 aromatic carbocycles. The van der Waals surface area contributed by atoms with Crippen molar-refractivity contribution < 1.29 is 19.1 Å². The number of hydrogen-bond acceptors (Lipinski definition) is 6. The van der Waals surface area contributed by atoms with Crippen molar-refractivity contribution in [2.75, 3.05) is 18.5 Å². The van der Waals surface area contributed by atoms with Crippen molar-refractivity contribution >= 4 is 29.5 Å². The highest BCUT2D eigenvalue weighted by atomic mass is 16.6. The molecular formula is C26H28N2O4. The summed E-state index contributed by atoms with van der Waals surface area (Å²) >= 11 is 0. The van der Waals surface area contributed by atoms with Crippen LogP contribution in [0.15, 0.2) is 89.1 Å². The molecule has 0 unspecified atom stereocenters. The third kappa shape index (κ3) is 5.72. The average molecular weight is 433 g/mol. The van der Waals surface area contributed by atoms with Gasteiger partial charge in [-0.25, -0.2) is 0 Å². The molecule has 0 aliphatic heterocycles.